The van der Waals surface area contributed by atoms with E-state index in [0.717, 1.165) is 11.5 Å². The molecule has 1 rings (SSSR count). The zero-order valence-electron chi connectivity index (χ0n) is 7.42. The summed E-state index contributed by atoms with van der Waals surface area (Å²) in [5, 5.41) is 4.07. The van der Waals surface area contributed by atoms with Crippen molar-refractivity contribution in [3.05, 3.63) is 0 Å². The Morgan fingerprint density at radius 2 is 2.14 bits per heavy atom. The van der Waals surface area contributed by atoms with Gasteiger partial charge in [-0.25, -0.2) is 4.28 Å². The second-order valence-corrected chi connectivity index (χ2v) is 3.72. The van der Waals surface area contributed by atoms with Crippen molar-refractivity contribution in [3.63, 3.8) is 0 Å². The maximum absolute atomic E-state index is 10.8. The van der Waals surface area contributed by atoms with E-state index < -0.39 is 10.4 Å². The van der Waals surface area contributed by atoms with Gasteiger partial charge < -0.3 is 11.5 Å². The van der Waals surface area contributed by atoms with Gasteiger partial charge >= 0.3 is 10.4 Å². The Labute approximate surface area is 81.7 Å². The third-order valence-corrected chi connectivity index (χ3v) is 2.09. The van der Waals surface area contributed by atoms with Gasteiger partial charge in [-0.05, 0) is 24.5 Å². The SMILES string of the molecule is NCCCCN1OS(=O)(=O)ON=C1N. The number of nitrogens with two attached hydrogens (primary N) is 2. The van der Waals surface area contributed by atoms with Gasteiger partial charge in [0.2, 0.25) is 0 Å². The summed E-state index contributed by atoms with van der Waals surface area (Å²) >= 11 is 0. The Balaban J connectivity index is 2.51. The lowest BCUT2D eigenvalue weighted by Crippen LogP contribution is -2.43. The van der Waals surface area contributed by atoms with Crippen molar-refractivity contribution < 1.29 is 17.0 Å². The molecule has 14 heavy (non-hydrogen) atoms. The van der Waals surface area contributed by atoms with Crippen molar-refractivity contribution in [2.75, 3.05) is 13.1 Å². The summed E-state index contributed by atoms with van der Waals surface area (Å²) < 4.78 is 29.9. The van der Waals surface area contributed by atoms with E-state index in [-0.39, 0.29) is 5.96 Å². The lowest BCUT2D eigenvalue weighted by atomic mass is 10.3. The average molecular weight is 224 g/mol. The van der Waals surface area contributed by atoms with Gasteiger partial charge in [0, 0.05) is 0 Å². The lowest BCUT2D eigenvalue weighted by Gasteiger charge is -2.22. The standard InChI is InChI=1S/C5H12N4O4S/c6-3-1-2-4-9-5(7)8-12-14(10,11)13-9/h1-4,6H2,(H2,7,8). The number of hydrogen-bond acceptors (Lipinski definition) is 8. The van der Waals surface area contributed by atoms with Crippen LogP contribution in [0.4, 0.5) is 0 Å². The van der Waals surface area contributed by atoms with Gasteiger partial charge in [0.25, 0.3) is 5.96 Å². The second-order valence-electron chi connectivity index (χ2n) is 2.60. The van der Waals surface area contributed by atoms with E-state index in [1.165, 1.54) is 0 Å². The molecule has 0 saturated carbocycles. The van der Waals surface area contributed by atoms with Crippen LogP contribution in [0, 0.1) is 0 Å². The van der Waals surface area contributed by atoms with Gasteiger partial charge in [0.15, 0.2) is 0 Å². The Hall–Kier alpha value is -1.06. The van der Waals surface area contributed by atoms with Crippen molar-refractivity contribution in [1.29, 1.82) is 0 Å². The van der Waals surface area contributed by atoms with E-state index in [2.05, 4.69) is 13.7 Å². The van der Waals surface area contributed by atoms with E-state index in [4.69, 9.17) is 11.5 Å². The van der Waals surface area contributed by atoms with Crippen LogP contribution in [0.25, 0.3) is 0 Å². The van der Waals surface area contributed by atoms with Crippen LogP contribution in [0.1, 0.15) is 12.8 Å². The van der Waals surface area contributed by atoms with Gasteiger partial charge in [-0.2, -0.15) is 13.5 Å². The molecule has 0 spiro atoms. The van der Waals surface area contributed by atoms with E-state index >= 15 is 0 Å². The number of oxime groups is 1. The van der Waals surface area contributed by atoms with Crippen LogP contribution in [0.5, 0.6) is 0 Å². The quantitative estimate of drug-likeness (QED) is 0.555. The first-order valence-electron chi connectivity index (χ1n) is 3.99. The Morgan fingerprint density at radius 1 is 1.43 bits per heavy atom. The van der Waals surface area contributed by atoms with Crippen molar-refractivity contribution in [1.82, 2.24) is 5.06 Å². The molecule has 0 radical (unpaired) electrons. The zero-order chi connectivity index (χ0) is 10.6. The van der Waals surface area contributed by atoms with Crippen molar-refractivity contribution in [2.24, 2.45) is 16.6 Å². The average Bonchev–Trinajstić information content (AvgIpc) is 2.11. The van der Waals surface area contributed by atoms with Crippen LogP contribution < -0.4 is 11.5 Å². The summed E-state index contributed by atoms with van der Waals surface area (Å²) in [5.74, 6) is -0.128. The van der Waals surface area contributed by atoms with Crippen molar-refractivity contribution >= 4 is 16.4 Å². The first kappa shape index (κ1) is 11.0. The smallest absolute Gasteiger partial charge is 0.365 e. The maximum atomic E-state index is 10.8. The van der Waals surface area contributed by atoms with Gasteiger partial charge in [-0.3, -0.25) is 0 Å². The van der Waals surface area contributed by atoms with Gasteiger partial charge in [-0.1, -0.05) is 0 Å². The minimum absolute atomic E-state index is 0.128. The molecular formula is C5H12N4O4S. The van der Waals surface area contributed by atoms with Crippen LogP contribution >= 0.6 is 0 Å². The summed E-state index contributed by atoms with van der Waals surface area (Å²) in [7, 11) is -4.07. The molecular weight excluding hydrogens is 212 g/mol. The predicted molar refractivity (Wildman–Crippen MR) is 47.7 cm³/mol. The first-order chi connectivity index (χ1) is 6.55. The second kappa shape index (κ2) is 4.44. The monoisotopic (exact) mass is 224 g/mol. The fourth-order valence-electron chi connectivity index (χ4n) is 0.843. The van der Waals surface area contributed by atoms with Crippen LogP contribution in [0.3, 0.4) is 0 Å². The molecule has 0 amide bonds. The number of rotatable bonds is 4. The summed E-state index contributed by atoms with van der Waals surface area (Å²) in [4.78, 5) is 0. The highest BCUT2D eigenvalue weighted by molar-refractivity contribution is 7.81. The molecule has 0 unspecified atom stereocenters. The highest BCUT2D eigenvalue weighted by atomic mass is 32.3. The zero-order valence-corrected chi connectivity index (χ0v) is 8.24. The molecule has 0 aromatic rings. The molecule has 1 aliphatic rings. The highest BCUT2D eigenvalue weighted by Gasteiger charge is 2.26. The van der Waals surface area contributed by atoms with Crippen LogP contribution in [-0.2, 0) is 19.0 Å². The fraction of sp³-hybridized carbons (Fsp3) is 0.800. The summed E-state index contributed by atoms with van der Waals surface area (Å²) in [5.41, 5.74) is 10.6. The summed E-state index contributed by atoms with van der Waals surface area (Å²) in [6, 6.07) is 0. The number of unbranched alkanes of at least 4 members (excludes halogenated alkanes) is 1. The van der Waals surface area contributed by atoms with Gasteiger partial charge in [0.1, 0.15) is 0 Å². The summed E-state index contributed by atoms with van der Waals surface area (Å²) in [6.07, 6.45) is 1.40. The Bertz CT molecular complexity index is 314. The maximum Gasteiger partial charge on any atom is 0.491 e. The van der Waals surface area contributed by atoms with E-state index in [1.807, 2.05) is 0 Å². The highest BCUT2D eigenvalue weighted by Crippen LogP contribution is 2.09. The predicted octanol–water partition coefficient (Wildman–Crippen LogP) is -1.54. The number of hydroxylamine groups is 2. The van der Waals surface area contributed by atoms with Crippen LogP contribution in [0.15, 0.2) is 5.16 Å². The molecule has 0 fully saturated rings. The molecule has 0 atom stereocenters. The van der Waals surface area contributed by atoms with E-state index in [9.17, 15) is 8.42 Å². The Kier molecular flexibility index (Phi) is 3.49. The minimum atomic E-state index is -4.07. The Morgan fingerprint density at radius 3 is 2.79 bits per heavy atom. The molecule has 4 N–H and O–H groups in total. The molecule has 0 aliphatic carbocycles. The summed E-state index contributed by atoms with van der Waals surface area (Å²) in [6.45, 7) is 0.823. The van der Waals surface area contributed by atoms with E-state index in [0.29, 0.717) is 19.5 Å². The normalized spacial score (nSPS) is 20.1. The molecule has 0 bridgehead atoms. The third kappa shape index (κ3) is 3.01. The van der Waals surface area contributed by atoms with Crippen molar-refractivity contribution in [3.8, 4) is 0 Å². The number of nitrogens with zero attached hydrogens (tertiary/aromatic N) is 2. The molecule has 9 heteroatoms. The van der Waals surface area contributed by atoms with E-state index in [1.54, 1.807) is 0 Å². The van der Waals surface area contributed by atoms with Gasteiger partial charge in [-0.15, -0.1) is 4.28 Å². The van der Waals surface area contributed by atoms with Crippen molar-refractivity contribution in [2.45, 2.75) is 12.8 Å². The minimum Gasteiger partial charge on any atom is -0.365 e. The molecule has 0 aromatic carbocycles. The van der Waals surface area contributed by atoms with Gasteiger partial charge in [0.05, 0.1) is 6.54 Å². The molecule has 82 valence electrons. The van der Waals surface area contributed by atoms with Crippen LogP contribution in [0.2, 0.25) is 0 Å². The molecule has 8 nitrogen and oxygen atoms in total. The first-order valence-corrected chi connectivity index (χ1v) is 5.33. The fourth-order valence-corrected chi connectivity index (χ4v) is 1.41. The largest absolute Gasteiger partial charge is 0.491 e. The topological polar surface area (TPSA) is 120 Å². The number of hydrogen-bond donors (Lipinski definition) is 2. The van der Waals surface area contributed by atoms with Crippen LogP contribution in [-0.4, -0.2) is 32.5 Å². The third-order valence-electron chi connectivity index (χ3n) is 1.47. The molecule has 0 aromatic heterocycles. The molecule has 1 aliphatic heterocycles. The lowest BCUT2D eigenvalue weighted by molar-refractivity contribution is -0.0145. The number of guanidine groups is 1. The molecule has 1 heterocycles. The molecule has 0 saturated heterocycles.